The van der Waals surface area contributed by atoms with E-state index in [2.05, 4.69) is 10.6 Å². The van der Waals surface area contributed by atoms with Crippen molar-refractivity contribution in [3.05, 3.63) is 47.0 Å². The lowest BCUT2D eigenvalue weighted by Crippen LogP contribution is -2.57. The maximum atomic E-state index is 13.7. The zero-order valence-electron chi connectivity index (χ0n) is 23.0. The molecule has 12 nitrogen and oxygen atoms in total. The lowest BCUT2D eigenvalue weighted by atomic mass is 9.87. The maximum absolute atomic E-state index is 13.7. The molecule has 4 rings (SSSR count). The molecule has 220 valence electrons. The van der Waals surface area contributed by atoms with Gasteiger partial charge in [-0.3, -0.25) is 34.2 Å². The summed E-state index contributed by atoms with van der Waals surface area (Å²) >= 11 is 0. The van der Waals surface area contributed by atoms with Gasteiger partial charge in [-0.05, 0) is 43.5 Å². The summed E-state index contributed by atoms with van der Waals surface area (Å²) in [6, 6.07) is 4.13. The number of benzene rings is 1. The minimum Gasteiger partial charge on any atom is -0.379 e. The second-order valence-electron chi connectivity index (χ2n) is 9.90. The SMILES string of the molecule is CC1(OCCCOCCOCCOCCNC=O)C=Cc2cccc3c2C(=C1)C(=O)N(C1CCC(=O)NC1=O)C3=O. The number of hydrogen-bond acceptors (Lipinski definition) is 9. The molecule has 3 aliphatic rings. The van der Waals surface area contributed by atoms with E-state index >= 15 is 0 Å². The minimum absolute atomic E-state index is 0.0474. The quantitative estimate of drug-likeness (QED) is 0.168. The van der Waals surface area contributed by atoms with Gasteiger partial charge in [0.15, 0.2) is 0 Å². The van der Waals surface area contributed by atoms with Crippen molar-refractivity contribution >= 4 is 41.7 Å². The van der Waals surface area contributed by atoms with E-state index in [0.29, 0.717) is 82.3 Å². The normalized spacial score (nSPS) is 21.7. The minimum atomic E-state index is -1.06. The second kappa shape index (κ2) is 14.3. The molecule has 0 aromatic heterocycles. The number of piperidine rings is 1. The van der Waals surface area contributed by atoms with Gasteiger partial charge in [-0.2, -0.15) is 0 Å². The fourth-order valence-corrected chi connectivity index (χ4v) is 4.86. The molecule has 0 spiro atoms. The van der Waals surface area contributed by atoms with Gasteiger partial charge < -0.3 is 24.3 Å². The Bertz CT molecular complexity index is 1230. The van der Waals surface area contributed by atoms with Crippen molar-refractivity contribution in [1.29, 1.82) is 0 Å². The third-order valence-corrected chi connectivity index (χ3v) is 6.88. The fourth-order valence-electron chi connectivity index (χ4n) is 4.86. The van der Waals surface area contributed by atoms with Gasteiger partial charge in [0, 0.05) is 36.3 Å². The van der Waals surface area contributed by atoms with Gasteiger partial charge in [-0.1, -0.05) is 18.2 Å². The van der Waals surface area contributed by atoms with Crippen LogP contribution in [0, 0.1) is 0 Å². The van der Waals surface area contributed by atoms with Crippen LogP contribution in [-0.2, 0) is 38.1 Å². The molecule has 0 saturated carbocycles. The third kappa shape index (κ3) is 7.53. The van der Waals surface area contributed by atoms with Crippen molar-refractivity contribution in [3.8, 4) is 0 Å². The first-order valence-corrected chi connectivity index (χ1v) is 13.7. The first-order chi connectivity index (χ1) is 19.8. The molecular formula is C29H35N3O9. The molecule has 1 aromatic carbocycles. The number of nitrogens with zero attached hydrogens (tertiary/aromatic N) is 1. The number of carbonyl (C=O) groups is 5. The van der Waals surface area contributed by atoms with Crippen LogP contribution < -0.4 is 10.6 Å². The largest absolute Gasteiger partial charge is 0.379 e. The highest BCUT2D eigenvalue weighted by atomic mass is 16.5. The molecule has 2 aliphatic heterocycles. The topological polar surface area (TPSA) is 150 Å². The predicted octanol–water partition coefficient (Wildman–Crippen LogP) is 0.846. The molecule has 2 atom stereocenters. The van der Waals surface area contributed by atoms with Crippen molar-refractivity contribution in [2.24, 2.45) is 0 Å². The first-order valence-electron chi connectivity index (χ1n) is 13.7. The Morgan fingerprint density at radius 1 is 1.00 bits per heavy atom. The van der Waals surface area contributed by atoms with Crippen LogP contribution >= 0.6 is 0 Å². The summed E-state index contributed by atoms with van der Waals surface area (Å²) in [6.07, 6.45) is 6.72. The number of carbonyl (C=O) groups excluding carboxylic acids is 5. The summed E-state index contributed by atoms with van der Waals surface area (Å²) in [5, 5.41) is 4.74. The van der Waals surface area contributed by atoms with Gasteiger partial charge in [0.25, 0.3) is 11.8 Å². The van der Waals surface area contributed by atoms with Crippen LogP contribution in [0.5, 0.6) is 0 Å². The molecule has 2 unspecified atom stereocenters. The van der Waals surface area contributed by atoms with Gasteiger partial charge in [0.05, 0.1) is 39.6 Å². The summed E-state index contributed by atoms with van der Waals surface area (Å²) in [6.45, 7) is 5.24. The summed E-state index contributed by atoms with van der Waals surface area (Å²) in [4.78, 5) is 62.4. The Kier molecular flexibility index (Phi) is 10.5. The Labute approximate surface area is 238 Å². The number of nitrogens with one attached hydrogen (secondary N) is 2. The first kappa shape index (κ1) is 30.3. The van der Waals surface area contributed by atoms with Gasteiger partial charge in [-0.25, -0.2) is 0 Å². The zero-order valence-corrected chi connectivity index (χ0v) is 23.0. The van der Waals surface area contributed by atoms with Gasteiger partial charge in [-0.15, -0.1) is 0 Å². The molecule has 1 aromatic rings. The van der Waals surface area contributed by atoms with Gasteiger partial charge in [0.2, 0.25) is 18.2 Å². The van der Waals surface area contributed by atoms with E-state index in [1.807, 2.05) is 25.1 Å². The van der Waals surface area contributed by atoms with Crippen molar-refractivity contribution < 1.29 is 42.9 Å². The molecule has 12 heteroatoms. The number of hydrogen-bond donors (Lipinski definition) is 2. The Balaban J connectivity index is 1.31. The van der Waals surface area contributed by atoms with E-state index < -0.39 is 35.3 Å². The van der Waals surface area contributed by atoms with Crippen molar-refractivity contribution in [1.82, 2.24) is 15.5 Å². The maximum Gasteiger partial charge on any atom is 0.262 e. The molecule has 41 heavy (non-hydrogen) atoms. The summed E-state index contributed by atoms with van der Waals surface area (Å²) < 4.78 is 22.5. The van der Waals surface area contributed by atoms with Crippen LogP contribution in [0.2, 0.25) is 0 Å². The van der Waals surface area contributed by atoms with Crippen LogP contribution in [0.25, 0.3) is 11.6 Å². The van der Waals surface area contributed by atoms with E-state index in [0.717, 1.165) is 4.90 Å². The monoisotopic (exact) mass is 569 g/mol. The lowest BCUT2D eigenvalue weighted by molar-refractivity contribution is -0.141. The second-order valence-corrected chi connectivity index (χ2v) is 9.90. The van der Waals surface area contributed by atoms with Gasteiger partial charge >= 0.3 is 0 Å². The molecule has 1 aliphatic carbocycles. The smallest absolute Gasteiger partial charge is 0.262 e. The average Bonchev–Trinajstić information content (AvgIpc) is 3.10. The Morgan fingerprint density at radius 3 is 2.46 bits per heavy atom. The fraction of sp³-hybridized carbons (Fsp3) is 0.483. The number of imide groups is 2. The van der Waals surface area contributed by atoms with Crippen LogP contribution in [-0.4, -0.2) is 99.4 Å². The van der Waals surface area contributed by atoms with E-state index in [1.54, 1.807) is 18.2 Å². The standard InChI is InChI=1S/C29H35N3O9/c1-29(41-12-3-11-38-14-16-40-17-15-39-13-10-30-19-33)9-8-20-4-2-5-21-25(20)22(18-29)28(37)32(27(21)36)23-6-7-24(34)31-26(23)35/h2,4-5,8-9,18-19,23H,3,6-7,10-17H2,1H3,(H,30,33)(H,31,34,35). The summed E-state index contributed by atoms with van der Waals surface area (Å²) in [5.74, 6) is -2.23. The van der Waals surface area contributed by atoms with Crippen molar-refractivity contribution in [2.75, 3.05) is 52.8 Å². The summed E-state index contributed by atoms with van der Waals surface area (Å²) in [7, 11) is 0. The molecule has 1 fully saturated rings. The van der Waals surface area contributed by atoms with Crippen LogP contribution in [0.4, 0.5) is 0 Å². The number of amides is 5. The van der Waals surface area contributed by atoms with Crippen LogP contribution in [0.15, 0.2) is 30.4 Å². The Hall–Kier alpha value is -3.71. The average molecular weight is 570 g/mol. The molecule has 0 radical (unpaired) electrons. The highest BCUT2D eigenvalue weighted by Crippen LogP contribution is 2.38. The highest BCUT2D eigenvalue weighted by Gasteiger charge is 2.45. The molecule has 1 saturated heterocycles. The third-order valence-electron chi connectivity index (χ3n) is 6.88. The van der Waals surface area contributed by atoms with E-state index in [1.165, 1.54) is 0 Å². The van der Waals surface area contributed by atoms with E-state index in [9.17, 15) is 24.0 Å². The molecule has 2 heterocycles. The van der Waals surface area contributed by atoms with Crippen molar-refractivity contribution in [2.45, 2.75) is 37.8 Å². The molecule has 5 amide bonds. The van der Waals surface area contributed by atoms with Crippen molar-refractivity contribution in [3.63, 3.8) is 0 Å². The van der Waals surface area contributed by atoms with Crippen LogP contribution in [0.3, 0.4) is 0 Å². The predicted molar refractivity (Wildman–Crippen MR) is 146 cm³/mol. The lowest BCUT2D eigenvalue weighted by Gasteiger charge is -2.36. The molecule has 2 N–H and O–H groups in total. The Morgan fingerprint density at radius 2 is 1.73 bits per heavy atom. The van der Waals surface area contributed by atoms with Crippen LogP contribution in [0.1, 0.15) is 47.7 Å². The summed E-state index contributed by atoms with van der Waals surface area (Å²) in [5.41, 5.74) is 0.870. The highest BCUT2D eigenvalue weighted by molar-refractivity contribution is 6.33. The van der Waals surface area contributed by atoms with E-state index in [-0.39, 0.29) is 18.4 Å². The zero-order chi connectivity index (χ0) is 29.2. The number of ether oxygens (including phenoxy) is 4. The molecular weight excluding hydrogens is 534 g/mol. The number of rotatable bonds is 16. The molecule has 0 bridgehead atoms. The van der Waals surface area contributed by atoms with E-state index in [4.69, 9.17) is 18.9 Å². The van der Waals surface area contributed by atoms with Gasteiger partial charge in [0.1, 0.15) is 11.6 Å².